The van der Waals surface area contributed by atoms with Gasteiger partial charge in [0.25, 0.3) is 0 Å². The monoisotopic (exact) mass is 278 g/mol. The van der Waals surface area contributed by atoms with E-state index in [1.54, 1.807) is 12.2 Å². The van der Waals surface area contributed by atoms with Crippen molar-refractivity contribution in [3.8, 4) is 0 Å². The largest absolute Gasteiger partial charge is 0.386 e. The van der Waals surface area contributed by atoms with E-state index < -0.39 is 18.5 Å². The summed E-state index contributed by atoms with van der Waals surface area (Å²) in [4.78, 5) is 0. The van der Waals surface area contributed by atoms with Gasteiger partial charge < -0.3 is 19.3 Å². The SMILES string of the molecule is CC(C)O[C@H]1C=C[C@@H](O)[C@@H](COCc2ccccc2)O1. The molecule has 0 aromatic heterocycles. The van der Waals surface area contributed by atoms with Crippen LogP contribution in [0.4, 0.5) is 0 Å². The first-order valence-corrected chi connectivity index (χ1v) is 6.94. The first-order chi connectivity index (χ1) is 9.65. The van der Waals surface area contributed by atoms with Crippen LogP contribution in [0.3, 0.4) is 0 Å². The van der Waals surface area contributed by atoms with E-state index in [-0.39, 0.29) is 6.10 Å². The third kappa shape index (κ3) is 4.72. The van der Waals surface area contributed by atoms with Crippen molar-refractivity contribution in [1.29, 1.82) is 0 Å². The van der Waals surface area contributed by atoms with Crippen molar-refractivity contribution < 1.29 is 19.3 Å². The van der Waals surface area contributed by atoms with Crippen LogP contribution in [0, 0.1) is 0 Å². The van der Waals surface area contributed by atoms with Crippen molar-refractivity contribution in [1.82, 2.24) is 0 Å². The van der Waals surface area contributed by atoms with Gasteiger partial charge in [-0.3, -0.25) is 0 Å². The van der Waals surface area contributed by atoms with Crippen molar-refractivity contribution >= 4 is 0 Å². The van der Waals surface area contributed by atoms with Gasteiger partial charge in [0.2, 0.25) is 0 Å². The Morgan fingerprint density at radius 3 is 2.65 bits per heavy atom. The summed E-state index contributed by atoms with van der Waals surface area (Å²) in [5.41, 5.74) is 1.10. The first-order valence-electron chi connectivity index (χ1n) is 6.94. The number of rotatable bonds is 6. The standard InChI is InChI=1S/C16H22O4/c1-12(2)19-16-9-8-14(17)15(20-16)11-18-10-13-6-4-3-5-7-13/h3-9,12,14-17H,10-11H2,1-2H3/t14-,15-,16-/m1/s1. The van der Waals surface area contributed by atoms with Gasteiger partial charge in [0, 0.05) is 0 Å². The second kappa shape index (κ2) is 7.55. The minimum absolute atomic E-state index is 0.0748. The van der Waals surface area contributed by atoms with Crippen LogP contribution in [-0.4, -0.2) is 36.3 Å². The van der Waals surface area contributed by atoms with Gasteiger partial charge in [-0.25, -0.2) is 0 Å². The Hall–Kier alpha value is -1.20. The van der Waals surface area contributed by atoms with E-state index in [0.717, 1.165) is 5.56 Å². The molecule has 1 aromatic carbocycles. The zero-order chi connectivity index (χ0) is 14.4. The Kier molecular flexibility index (Phi) is 5.73. The molecule has 1 aliphatic heterocycles. The van der Waals surface area contributed by atoms with E-state index in [1.165, 1.54) is 0 Å². The first kappa shape index (κ1) is 15.2. The molecule has 3 atom stereocenters. The molecule has 0 unspecified atom stereocenters. The molecule has 1 N–H and O–H groups in total. The Morgan fingerprint density at radius 2 is 1.95 bits per heavy atom. The maximum atomic E-state index is 9.87. The smallest absolute Gasteiger partial charge is 0.177 e. The number of hydrogen-bond acceptors (Lipinski definition) is 4. The molecule has 4 nitrogen and oxygen atoms in total. The number of aliphatic hydroxyl groups is 1. The number of benzene rings is 1. The summed E-state index contributed by atoms with van der Waals surface area (Å²) < 4.78 is 16.8. The molecule has 1 aliphatic rings. The van der Waals surface area contributed by atoms with Crippen molar-refractivity contribution in [2.24, 2.45) is 0 Å². The molecule has 0 fully saturated rings. The number of ether oxygens (including phenoxy) is 3. The number of hydrogen-bond donors (Lipinski definition) is 1. The summed E-state index contributed by atoms with van der Waals surface area (Å²) in [6.45, 7) is 4.73. The molecule has 110 valence electrons. The third-order valence-corrected chi connectivity index (χ3v) is 2.96. The molecule has 4 heteroatoms. The molecule has 2 rings (SSSR count). The van der Waals surface area contributed by atoms with Crippen LogP contribution < -0.4 is 0 Å². The van der Waals surface area contributed by atoms with Crippen molar-refractivity contribution in [2.75, 3.05) is 6.61 Å². The van der Waals surface area contributed by atoms with Crippen molar-refractivity contribution in [3.05, 3.63) is 48.0 Å². The Bertz CT molecular complexity index is 416. The van der Waals surface area contributed by atoms with Gasteiger partial charge in [-0.1, -0.05) is 36.4 Å². The minimum Gasteiger partial charge on any atom is -0.386 e. The average molecular weight is 278 g/mol. The molecule has 0 saturated carbocycles. The Balaban J connectivity index is 1.78. The van der Waals surface area contributed by atoms with Gasteiger partial charge in [-0.15, -0.1) is 0 Å². The van der Waals surface area contributed by atoms with Gasteiger partial charge in [0.1, 0.15) is 12.2 Å². The van der Waals surface area contributed by atoms with E-state index in [2.05, 4.69) is 0 Å². The fourth-order valence-electron chi connectivity index (χ4n) is 1.98. The maximum Gasteiger partial charge on any atom is 0.177 e. The van der Waals surface area contributed by atoms with E-state index in [4.69, 9.17) is 14.2 Å². The molecule has 20 heavy (non-hydrogen) atoms. The van der Waals surface area contributed by atoms with E-state index in [9.17, 15) is 5.11 Å². The normalized spacial score (nSPS) is 26.1. The summed E-state index contributed by atoms with van der Waals surface area (Å²) in [6.07, 6.45) is 2.05. The Morgan fingerprint density at radius 1 is 1.20 bits per heavy atom. The topological polar surface area (TPSA) is 47.9 Å². The summed E-state index contributed by atoms with van der Waals surface area (Å²) in [5, 5.41) is 9.87. The minimum atomic E-state index is -0.655. The molecule has 0 spiro atoms. The molecule has 0 saturated heterocycles. The van der Waals surface area contributed by atoms with Crippen molar-refractivity contribution in [2.45, 2.75) is 45.1 Å². The van der Waals surface area contributed by atoms with Crippen LogP contribution in [0.1, 0.15) is 19.4 Å². The summed E-state index contributed by atoms with van der Waals surface area (Å²) in [7, 11) is 0. The predicted octanol–water partition coefficient (Wildman–Crippen LogP) is 2.27. The van der Waals surface area contributed by atoms with E-state index in [1.807, 2.05) is 44.2 Å². The average Bonchev–Trinajstić information content (AvgIpc) is 2.43. The lowest BCUT2D eigenvalue weighted by molar-refractivity contribution is -0.198. The van der Waals surface area contributed by atoms with Gasteiger partial charge in [0.15, 0.2) is 6.29 Å². The number of aliphatic hydroxyl groups excluding tert-OH is 1. The van der Waals surface area contributed by atoms with Gasteiger partial charge in [-0.05, 0) is 25.5 Å². The van der Waals surface area contributed by atoms with Crippen molar-refractivity contribution in [3.63, 3.8) is 0 Å². The predicted molar refractivity (Wildman–Crippen MR) is 76.1 cm³/mol. The zero-order valence-corrected chi connectivity index (χ0v) is 11.9. The third-order valence-electron chi connectivity index (χ3n) is 2.96. The second-order valence-corrected chi connectivity index (χ2v) is 5.10. The van der Waals surface area contributed by atoms with Gasteiger partial charge in [-0.2, -0.15) is 0 Å². The zero-order valence-electron chi connectivity index (χ0n) is 11.9. The van der Waals surface area contributed by atoms with Crippen LogP contribution in [0.5, 0.6) is 0 Å². The molecular weight excluding hydrogens is 256 g/mol. The lowest BCUT2D eigenvalue weighted by Crippen LogP contribution is -2.40. The van der Waals surface area contributed by atoms with E-state index >= 15 is 0 Å². The fourth-order valence-corrected chi connectivity index (χ4v) is 1.98. The van der Waals surface area contributed by atoms with Gasteiger partial charge in [0.05, 0.1) is 19.3 Å². The summed E-state index contributed by atoms with van der Waals surface area (Å²) in [5.74, 6) is 0. The van der Waals surface area contributed by atoms with E-state index in [0.29, 0.717) is 13.2 Å². The molecule has 0 amide bonds. The fraction of sp³-hybridized carbons (Fsp3) is 0.500. The lowest BCUT2D eigenvalue weighted by Gasteiger charge is -2.30. The summed E-state index contributed by atoms with van der Waals surface area (Å²) >= 11 is 0. The highest BCUT2D eigenvalue weighted by molar-refractivity contribution is 5.13. The van der Waals surface area contributed by atoms with Crippen LogP contribution in [-0.2, 0) is 20.8 Å². The molecule has 1 aromatic rings. The van der Waals surface area contributed by atoms with Crippen LogP contribution >= 0.6 is 0 Å². The quantitative estimate of drug-likeness (QED) is 0.811. The summed E-state index contributed by atoms with van der Waals surface area (Å²) in [6, 6.07) is 9.92. The lowest BCUT2D eigenvalue weighted by atomic mass is 10.1. The van der Waals surface area contributed by atoms with Crippen LogP contribution in [0.15, 0.2) is 42.5 Å². The molecule has 1 heterocycles. The molecule has 0 bridgehead atoms. The van der Waals surface area contributed by atoms with Crippen LogP contribution in [0.25, 0.3) is 0 Å². The molecule has 0 radical (unpaired) electrons. The highest BCUT2D eigenvalue weighted by Crippen LogP contribution is 2.16. The van der Waals surface area contributed by atoms with Crippen LogP contribution in [0.2, 0.25) is 0 Å². The second-order valence-electron chi connectivity index (χ2n) is 5.10. The maximum absolute atomic E-state index is 9.87. The molecular formula is C16H22O4. The molecule has 0 aliphatic carbocycles. The Labute approximate surface area is 120 Å². The highest BCUT2D eigenvalue weighted by atomic mass is 16.7. The highest BCUT2D eigenvalue weighted by Gasteiger charge is 2.26. The van der Waals surface area contributed by atoms with Gasteiger partial charge >= 0.3 is 0 Å².